The van der Waals surface area contributed by atoms with Gasteiger partial charge in [-0.2, -0.15) is 5.10 Å². The minimum absolute atomic E-state index is 0.00496. The summed E-state index contributed by atoms with van der Waals surface area (Å²) in [7, 11) is 3.06. The summed E-state index contributed by atoms with van der Waals surface area (Å²) in [5.74, 6) is 0.829. The number of rotatable bonds is 7. The lowest BCUT2D eigenvalue weighted by molar-refractivity contribution is -0.384. The molecular formula is C17H17N3O5. The first-order valence-corrected chi connectivity index (χ1v) is 7.30. The Balaban J connectivity index is 1.93. The Bertz CT molecular complexity index is 787. The van der Waals surface area contributed by atoms with E-state index in [1.807, 2.05) is 0 Å². The fraction of sp³-hybridized carbons (Fsp3) is 0.176. The lowest BCUT2D eigenvalue weighted by Gasteiger charge is -2.09. The number of nitrogens with zero attached hydrogens (tertiary/aromatic N) is 2. The van der Waals surface area contributed by atoms with Crippen molar-refractivity contribution in [1.29, 1.82) is 0 Å². The van der Waals surface area contributed by atoms with Crippen molar-refractivity contribution >= 4 is 17.8 Å². The Morgan fingerprint density at radius 1 is 1.16 bits per heavy atom. The Hall–Kier alpha value is -3.42. The van der Waals surface area contributed by atoms with Crippen molar-refractivity contribution in [3.63, 3.8) is 0 Å². The van der Waals surface area contributed by atoms with E-state index in [-0.39, 0.29) is 18.0 Å². The van der Waals surface area contributed by atoms with Gasteiger partial charge >= 0.3 is 0 Å². The van der Waals surface area contributed by atoms with Gasteiger partial charge in [-0.3, -0.25) is 14.9 Å². The number of hydrogen-bond donors (Lipinski definition) is 1. The van der Waals surface area contributed by atoms with Gasteiger partial charge in [0.05, 0.1) is 31.8 Å². The van der Waals surface area contributed by atoms with E-state index in [0.717, 1.165) is 5.56 Å². The van der Waals surface area contributed by atoms with Crippen LogP contribution in [-0.4, -0.2) is 31.3 Å². The summed E-state index contributed by atoms with van der Waals surface area (Å²) >= 11 is 0. The maximum Gasteiger partial charge on any atom is 0.269 e. The third kappa shape index (κ3) is 5.03. The van der Waals surface area contributed by atoms with Crippen molar-refractivity contribution in [2.45, 2.75) is 6.42 Å². The third-order valence-electron chi connectivity index (χ3n) is 3.32. The van der Waals surface area contributed by atoms with Gasteiger partial charge < -0.3 is 9.47 Å². The SMILES string of the molecule is COc1ccc(CC(=O)N/N=C/c2ccc([N+](=O)[O-])cc2)cc1OC. The summed E-state index contributed by atoms with van der Waals surface area (Å²) in [6.07, 6.45) is 1.54. The van der Waals surface area contributed by atoms with Crippen LogP contribution in [0.2, 0.25) is 0 Å². The highest BCUT2D eigenvalue weighted by Crippen LogP contribution is 2.27. The highest BCUT2D eigenvalue weighted by atomic mass is 16.6. The van der Waals surface area contributed by atoms with Gasteiger partial charge in [0.25, 0.3) is 5.69 Å². The molecule has 0 atom stereocenters. The fourth-order valence-corrected chi connectivity index (χ4v) is 2.08. The molecular weight excluding hydrogens is 326 g/mol. The van der Waals surface area contributed by atoms with E-state index in [4.69, 9.17) is 9.47 Å². The molecule has 0 fully saturated rings. The molecule has 0 aliphatic carbocycles. The minimum Gasteiger partial charge on any atom is -0.493 e. The average Bonchev–Trinajstić information content (AvgIpc) is 2.62. The molecule has 0 spiro atoms. The molecule has 0 aliphatic rings. The van der Waals surface area contributed by atoms with Gasteiger partial charge in [0.2, 0.25) is 5.91 Å². The first-order chi connectivity index (χ1) is 12.0. The van der Waals surface area contributed by atoms with E-state index in [0.29, 0.717) is 17.1 Å². The van der Waals surface area contributed by atoms with Crippen molar-refractivity contribution in [2.75, 3.05) is 14.2 Å². The van der Waals surface area contributed by atoms with Gasteiger partial charge in [0.15, 0.2) is 11.5 Å². The molecule has 1 amide bonds. The molecule has 130 valence electrons. The molecule has 8 heteroatoms. The lowest BCUT2D eigenvalue weighted by atomic mass is 10.1. The largest absolute Gasteiger partial charge is 0.493 e. The third-order valence-corrected chi connectivity index (χ3v) is 3.32. The monoisotopic (exact) mass is 343 g/mol. The Morgan fingerprint density at radius 3 is 2.44 bits per heavy atom. The number of hydrogen-bond acceptors (Lipinski definition) is 6. The molecule has 0 radical (unpaired) electrons. The normalized spacial score (nSPS) is 10.5. The number of nitro groups is 1. The highest BCUT2D eigenvalue weighted by Gasteiger charge is 2.08. The molecule has 0 bridgehead atoms. The minimum atomic E-state index is -0.480. The number of nitrogens with one attached hydrogen (secondary N) is 1. The topological polar surface area (TPSA) is 103 Å². The molecule has 0 aliphatic heterocycles. The molecule has 25 heavy (non-hydrogen) atoms. The summed E-state index contributed by atoms with van der Waals surface area (Å²) in [6.45, 7) is 0. The van der Waals surface area contributed by atoms with Crippen LogP contribution in [0.1, 0.15) is 11.1 Å². The van der Waals surface area contributed by atoms with Gasteiger partial charge in [0, 0.05) is 12.1 Å². The van der Waals surface area contributed by atoms with Crippen molar-refractivity contribution in [2.24, 2.45) is 5.10 Å². The predicted molar refractivity (Wildman–Crippen MR) is 92.1 cm³/mol. The number of nitro benzene ring substituents is 1. The van der Waals surface area contributed by atoms with E-state index in [9.17, 15) is 14.9 Å². The average molecular weight is 343 g/mol. The predicted octanol–water partition coefficient (Wildman–Crippen LogP) is 2.30. The first kappa shape index (κ1) is 17.9. The summed E-state index contributed by atoms with van der Waals surface area (Å²) in [6, 6.07) is 11.0. The van der Waals surface area contributed by atoms with Crippen LogP contribution in [0.25, 0.3) is 0 Å². The van der Waals surface area contributed by atoms with E-state index in [2.05, 4.69) is 10.5 Å². The number of hydrazone groups is 1. The molecule has 0 unspecified atom stereocenters. The summed E-state index contributed by atoms with van der Waals surface area (Å²) in [5, 5.41) is 14.4. The van der Waals surface area contributed by atoms with Gasteiger partial charge in [-0.05, 0) is 35.4 Å². The maximum absolute atomic E-state index is 11.9. The number of ether oxygens (including phenoxy) is 2. The second kappa shape index (κ2) is 8.44. The van der Waals surface area contributed by atoms with Crippen molar-refractivity contribution in [3.8, 4) is 11.5 Å². The van der Waals surface area contributed by atoms with E-state index < -0.39 is 4.92 Å². The molecule has 8 nitrogen and oxygen atoms in total. The Labute approximate surface area is 144 Å². The van der Waals surface area contributed by atoms with Crippen LogP contribution in [0.4, 0.5) is 5.69 Å². The molecule has 0 saturated carbocycles. The Morgan fingerprint density at radius 2 is 1.84 bits per heavy atom. The zero-order valence-corrected chi connectivity index (χ0v) is 13.8. The fourth-order valence-electron chi connectivity index (χ4n) is 2.08. The van der Waals surface area contributed by atoms with Crippen molar-refractivity contribution < 1.29 is 19.2 Å². The van der Waals surface area contributed by atoms with Gasteiger partial charge in [0.1, 0.15) is 0 Å². The van der Waals surface area contributed by atoms with Crippen molar-refractivity contribution in [3.05, 3.63) is 63.7 Å². The van der Waals surface area contributed by atoms with Crippen LogP contribution in [-0.2, 0) is 11.2 Å². The quantitative estimate of drug-likeness (QED) is 0.472. The lowest BCUT2D eigenvalue weighted by Crippen LogP contribution is -2.19. The first-order valence-electron chi connectivity index (χ1n) is 7.30. The smallest absolute Gasteiger partial charge is 0.269 e. The van der Waals surface area contributed by atoms with Gasteiger partial charge in [-0.25, -0.2) is 5.43 Å². The van der Waals surface area contributed by atoms with E-state index >= 15 is 0 Å². The highest BCUT2D eigenvalue weighted by molar-refractivity contribution is 5.83. The second-order valence-corrected chi connectivity index (χ2v) is 5.01. The molecule has 2 rings (SSSR count). The van der Waals surface area contributed by atoms with E-state index in [1.165, 1.54) is 32.6 Å². The molecule has 1 N–H and O–H groups in total. The van der Waals surface area contributed by atoms with Gasteiger partial charge in [-0.1, -0.05) is 6.07 Å². The van der Waals surface area contributed by atoms with Crippen LogP contribution >= 0.6 is 0 Å². The molecule has 0 saturated heterocycles. The van der Waals surface area contributed by atoms with Gasteiger partial charge in [-0.15, -0.1) is 0 Å². The van der Waals surface area contributed by atoms with Crippen LogP contribution in [0.3, 0.4) is 0 Å². The van der Waals surface area contributed by atoms with Crippen LogP contribution < -0.4 is 14.9 Å². The number of carbonyl (C=O) groups excluding carboxylic acids is 1. The molecule has 0 heterocycles. The van der Waals surface area contributed by atoms with E-state index in [1.54, 1.807) is 30.3 Å². The van der Waals surface area contributed by atoms with Crippen LogP contribution in [0.15, 0.2) is 47.6 Å². The molecule has 2 aromatic rings. The maximum atomic E-state index is 11.9. The van der Waals surface area contributed by atoms with Crippen molar-refractivity contribution in [1.82, 2.24) is 5.43 Å². The molecule has 2 aromatic carbocycles. The molecule has 0 aromatic heterocycles. The van der Waals surface area contributed by atoms with Crippen LogP contribution in [0, 0.1) is 10.1 Å². The summed E-state index contributed by atoms with van der Waals surface area (Å²) in [5.41, 5.74) is 3.79. The standard InChI is InChI=1S/C17H17N3O5/c1-24-15-8-5-13(9-16(15)25-2)10-17(21)19-18-11-12-3-6-14(7-4-12)20(22)23/h3-9,11H,10H2,1-2H3,(H,19,21)/b18-11+. The summed E-state index contributed by atoms with van der Waals surface area (Å²) < 4.78 is 10.3. The Kier molecular flexibility index (Phi) is 6.05. The number of carbonyl (C=O) groups is 1. The second-order valence-electron chi connectivity index (χ2n) is 5.01. The zero-order valence-electron chi connectivity index (χ0n) is 13.8. The number of benzene rings is 2. The van der Waals surface area contributed by atoms with Crippen LogP contribution in [0.5, 0.6) is 11.5 Å². The number of non-ortho nitro benzene ring substituents is 1. The number of methoxy groups -OCH3 is 2. The number of amides is 1. The zero-order chi connectivity index (χ0) is 18.2. The summed E-state index contributed by atoms with van der Waals surface area (Å²) in [4.78, 5) is 22.0.